The molecule has 0 spiro atoms. The lowest BCUT2D eigenvalue weighted by Crippen LogP contribution is -2.48. The van der Waals surface area contributed by atoms with Crippen LogP contribution in [0.5, 0.6) is 0 Å². The molecular weight excluding hydrogens is 300 g/mol. The van der Waals surface area contributed by atoms with Crippen LogP contribution in [0.1, 0.15) is 5.56 Å². The van der Waals surface area contributed by atoms with Crippen LogP contribution in [-0.2, 0) is 20.8 Å². The van der Waals surface area contributed by atoms with Crippen molar-refractivity contribution in [2.75, 3.05) is 0 Å². The first kappa shape index (κ1) is 16.2. The van der Waals surface area contributed by atoms with Crippen LogP contribution in [-0.4, -0.2) is 33.2 Å². The molecule has 0 saturated carbocycles. The van der Waals surface area contributed by atoms with Crippen LogP contribution in [0.4, 0.5) is 0 Å². The van der Waals surface area contributed by atoms with Crippen LogP contribution in [0.2, 0.25) is 0 Å². The maximum Gasteiger partial charge on any atom is 0.333 e. The number of benzene rings is 2. The summed E-state index contributed by atoms with van der Waals surface area (Å²) >= 11 is 0. The van der Waals surface area contributed by atoms with Gasteiger partial charge < -0.3 is 15.3 Å². The van der Waals surface area contributed by atoms with Gasteiger partial charge in [-0.3, -0.25) is 14.4 Å². The van der Waals surface area contributed by atoms with Crippen molar-refractivity contribution >= 4 is 17.9 Å². The largest absolute Gasteiger partial charge is 0.480 e. The first-order chi connectivity index (χ1) is 10.9. The van der Waals surface area contributed by atoms with Gasteiger partial charge in [-0.15, -0.1) is 0 Å². The summed E-state index contributed by atoms with van der Waals surface area (Å²) in [6, 6.07) is 15.9. The topological polar surface area (TPSA) is 112 Å². The van der Waals surface area contributed by atoms with Crippen LogP contribution in [0, 0.1) is 5.41 Å². The number of hydrogen-bond acceptors (Lipinski definition) is 3. The minimum atomic E-state index is -2.89. The Morgan fingerprint density at radius 1 is 0.696 bits per heavy atom. The van der Waals surface area contributed by atoms with Gasteiger partial charge in [0.25, 0.3) is 5.41 Å². The average Bonchev–Trinajstić information content (AvgIpc) is 2.53. The second-order valence-corrected chi connectivity index (χ2v) is 5.06. The summed E-state index contributed by atoms with van der Waals surface area (Å²) in [5.74, 6) is -5.70. The van der Waals surface area contributed by atoms with E-state index in [1.807, 2.05) is 30.3 Å². The second-order valence-electron chi connectivity index (χ2n) is 5.06. The zero-order valence-corrected chi connectivity index (χ0v) is 12.0. The molecule has 0 unspecified atom stereocenters. The predicted octanol–water partition coefficient (Wildman–Crippen LogP) is 2.14. The number of carbonyl (C=O) groups is 3. The Morgan fingerprint density at radius 2 is 1.13 bits per heavy atom. The lowest BCUT2D eigenvalue weighted by atomic mass is 9.81. The van der Waals surface area contributed by atoms with Crippen molar-refractivity contribution in [2.24, 2.45) is 5.41 Å². The number of rotatable bonds is 6. The van der Waals surface area contributed by atoms with E-state index < -0.39 is 29.7 Å². The summed E-state index contributed by atoms with van der Waals surface area (Å²) < 4.78 is 0. The van der Waals surface area contributed by atoms with Gasteiger partial charge in [-0.05, 0) is 16.7 Å². The van der Waals surface area contributed by atoms with Crippen LogP contribution in [0.25, 0.3) is 11.1 Å². The Bertz CT molecular complexity index is 697. The van der Waals surface area contributed by atoms with Gasteiger partial charge in [-0.1, -0.05) is 54.6 Å². The zero-order valence-electron chi connectivity index (χ0n) is 12.0. The van der Waals surface area contributed by atoms with Crippen molar-refractivity contribution in [3.05, 3.63) is 60.2 Å². The Kier molecular flexibility index (Phi) is 4.45. The molecule has 0 heterocycles. The number of aliphatic carboxylic acids is 3. The maximum atomic E-state index is 11.2. The summed E-state index contributed by atoms with van der Waals surface area (Å²) in [6.07, 6.45) is -0.637. The highest BCUT2D eigenvalue weighted by molar-refractivity contribution is 6.16. The molecule has 2 aromatic rings. The van der Waals surface area contributed by atoms with Crippen molar-refractivity contribution in [2.45, 2.75) is 6.42 Å². The number of carboxylic acids is 3. The zero-order chi connectivity index (χ0) is 17.0. The molecule has 0 fully saturated rings. The van der Waals surface area contributed by atoms with Gasteiger partial charge in [-0.2, -0.15) is 0 Å². The monoisotopic (exact) mass is 314 g/mol. The fourth-order valence-electron chi connectivity index (χ4n) is 2.25. The summed E-state index contributed by atoms with van der Waals surface area (Å²) in [5, 5.41) is 27.3. The molecule has 0 aromatic heterocycles. The molecular formula is C17H14O6. The Morgan fingerprint density at radius 3 is 1.57 bits per heavy atom. The molecule has 0 bridgehead atoms. The van der Waals surface area contributed by atoms with E-state index in [1.165, 1.54) is 12.1 Å². The van der Waals surface area contributed by atoms with E-state index in [2.05, 4.69) is 0 Å². The van der Waals surface area contributed by atoms with Crippen molar-refractivity contribution in [1.82, 2.24) is 0 Å². The molecule has 118 valence electrons. The Labute approximate surface area is 131 Å². The molecule has 0 aliphatic carbocycles. The second kappa shape index (κ2) is 6.31. The van der Waals surface area contributed by atoms with E-state index in [1.54, 1.807) is 12.1 Å². The first-order valence-electron chi connectivity index (χ1n) is 6.72. The standard InChI is InChI=1S/C17H14O6/c18-14(19)17(15(20)21,16(22)23)10-11-6-8-13(9-7-11)12-4-2-1-3-5-12/h1-9H,10H2,(H,18,19)(H,20,21)(H,22,23). The molecule has 2 rings (SSSR count). The molecule has 23 heavy (non-hydrogen) atoms. The minimum absolute atomic E-state index is 0.317. The smallest absolute Gasteiger partial charge is 0.333 e. The molecule has 0 amide bonds. The fourth-order valence-corrected chi connectivity index (χ4v) is 2.25. The summed E-state index contributed by atoms with van der Waals surface area (Å²) in [5.41, 5.74) is -0.772. The highest BCUT2D eigenvalue weighted by atomic mass is 16.4. The molecule has 0 aliphatic rings. The van der Waals surface area contributed by atoms with Crippen LogP contribution in [0.3, 0.4) is 0 Å². The maximum absolute atomic E-state index is 11.2. The molecule has 0 radical (unpaired) electrons. The molecule has 0 saturated heterocycles. The third-order valence-corrected chi connectivity index (χ3v) is 3.63. The van der Waals surface area contributed by atoms with Crippen molar-refractivity contribution < 1.29 is 29.7 Å². The fraction of sp³-hybridized carbons (Fsp3) is 0.118. The lowest BCUT2D eigenvalue weighted by molar-refractivity contribution is -0.175. The third kappa shape index (κ3) is 3.06. The molecule has 0 atom stereocenters. The number of carboxylic acid groups (broad SMARTS) is 3. The lowest BCUT2D eigenvalue weighted by Gasteiger charge is -2.20. The molecule has 6 heteroatoms. The van der Waals surface area contributed by atoms with Crippen molar-refractivity contribution in [3.63, 3.8) is 0 Å². The third-order valence-electron chi connectivity index (χ3n) is 3.63. The SMILES string of the molecule is O=C(O)C(Cc1ccc(-c2ccccc2)cc1)(C(=O)O)C(=O)O. The summed E-state index contributed by atoms with van der Waals surface area (Å²) in [7, 11) is 0. The van der Waals surface area contributed by atoms with Crippen LogP contribution >= 0.6 is 0 Å². The molecule has 2 aromatic carbocycles. The normalized spacial score (nSPS) is 11.0. The van der Waals surface area contributed by atoms with E-state index in [-0.39, 0.29) is 0 Å². The average molecular weight is 314 g/mol. The van der Waals surface area contributed by atoms with Gasteiger partial charge in [0.05, 0.1) is 0 Å². The van der Waals surface area contributed by atoms with E-state index in [0.717, 1.165) is 11.1 Å². The van der Waals surface area contributed by atoms with Crippen LogP contribution in [0.15, 0.2) is 54.6 Å². The van der Waals surface area contributed by atoms with Crippen LogP contribution < -0.4 is 0 Å². The quantitative estimate of drug-likeness (QED) is 0.704. The summed E-state index contributed by atoms with van der Waals surface area (Å²) in [4.78, 5) is 33.7. The molecule has 3 N–H and O–H groups in total. The van der Waals surface area contributed by atoms with E-state index in [0.29, 0.717) is 5.56 Å². The molecule has 6 nitrogen and oxygen atoms in total. The van der Waals surface area contributed by atoms with Gasteiger partial charge in [0.15, 0.2) is 0 Å². The van der Waals surface area contributed by atoms with Gasteiger partial charge in [0, 0.05) is 6.42 Å². The highest BCUT2D eigenvalue weighted by Crippen LogP contribution is 2.27. The van der Waals surface area contributed by atoms with Gasteiger partial charge >= 0.3 is 17.9 Å². The Hall–Kier alpha value is -3.15. The van der Waals surface area contributed by atoms with E-state index in [4.69, 9.17) is 15.3 Å². The minimum Gasteiger partial charge on any atom is -0.480 e. The van der Waals surface area contributed by atoms with Crippen molar-refractivity contribution in [1.29, 1.82) is 0 Å². The highest BCUT2D eigenvalue weighted by Gasteiger charge is 2.54. The molecule has 0 aliphatic heterocycles. The van der Waals surface area contributed by atoms with Gasteiger partial charge in [0.2, 0.25) is 0 Å². The first-order valence-corrected chi connectivity index (χ1v) is 6.72. The Balaban J connectivity index is 2.34. The predicted molar refractivity (Wildman–Crippen MR) is 80.9 cm³/mol. The van der Waals surface area contributed by atoms with Gasteiger partial charge in [0.1, 0.15) is 0 Å². The van der Waals surface area contributed by atoms with Crippen molar-refractivity contribution in [3.8, 4) is 11.1 Å². The van der Waals surface area contributed by atoms with Gasteiger partial charge in [-0.25, -0.2) is 0 Å². The van der Waals surface area contributed by atoms with E-state index in [9.17, 15) is 14.4 Å². The number of hydrogen-bond donors (Lipinski definition) is 3. The van der Waals surface area contributed by atoms with E-state index >= 15 is 0 Å². The summed E-state index contributed by atoms with van der Waals surface area (Å²) in [6.45, 7) is 0.